The lowest BCUT2D eigenvalue weighted by molar-refractivity contribution is 0.575. The molecule has 0 aliphatic carbocycles. The molecule has 138 valence electrons. The number of hydrogen-bond donors (Lipinski definition) is 1. The Labute approximate surface area is 150 Å². The van der Waals surface area contributed by atoms with Crippen molar-refractivity contribution in [1.29, 1.82) is 0 Å². The topological polar surface area (TPSA) is 83.6 Å². The zero-order valence-electron chi connectivity index (χ0n) is 14.5. The van der Waals surface area contributed by atoms with Crippen molar-refractivity contribution in [1.82, 2.24) is 4.72 Å². The Morgan fingerprint density at radius 3 is 2.29 bits per heavy atom. The molecule has 24 heavy (non-hydrogen) atoms. The van der Waals surface area contributed by atoms with Gasteiger partial charge in [0.2, 0.25) is 20.0 Å². The highest BCUT2D eigenvalue weighted by Gasteiger charge is 2.22. The van der Waals surface area contributed by atoms with Crippen molar-refractivity contribution < 1.29 is 16.8 Å². The van der Waals surface area contributed by atoms with Crippen LogP contribution in [0.1, 0.15) is 30.9 Å². The van der Waals surface area contributed by atoms with Crippen molar-refractivity contribution in [3.8, 4) is 0 Å². The summed E-state index contributed by atoms with van der Waals surface area (Å²) in [6.45, 7) is 5.52. The first-order valence-electron chi connectivity index (χ1n) is 7.69. The molecule has 0 aliphatic heterocycles. The van der Waals surface area contributed by atoms with E-state index in [1.807, 2.05) is 19.9 Å². The highest BCUT2D eigenvalue weighted by atomic mass is 35.5. The van der Waals surface area contributed by atoms with Crippen LogP contribution in [0.2, 0.25) is 5.02 Å². The number of benzene rings is 1. The third kappa shape index (κ3) is 6.23. The van der Waals surface area contributed by atoms with E-state index < -0.39 is 20.0 Å². The monoisotopic (exact) mass is 396 g/mol. The number of halogens is 1. The summed E-state index contributed by atoms with van der Waals surface area (Å²) in [6, 6.07) is 3.53. The van der Waals surface area contributed by atoms with E-state index in [2.05, 4.69) is 4.72 Å². The maximum absolute atomic E-state index is 12.1. The predicted octanol–water partition coefficient (Wildman–Crippen LogP) is 2.44. The van der Waals surface area contributed by atoms with Crippen LogP contribution in [0, 0.1) is 13.8 Å². The Morgan fingerprint density at radius 2 is 1.79 bits per heavy atom. The van der Waals surface area contributed by atoms with Crippen LogP contribution in [0.25, 0.3) is 0 Å². The molecule has 6 nitrogen and oxygen atoms in total. The Kier molecular flexibility index (Phi) is 7.52. The van der Waals surface area contributed by atoms with E-state index >= 15 is 0 Å². The van der Waals surface area contributed by atoms with Gasteiger partial charge in [0.15, 0.2) is 0 Å². The first-order valence-corrected chi connectivity index (χ1v) is 11.6. The first-order chi connectivity index (χ1) is 11.0. The van der Waals surface area contributed by atoms with Gasteiger partial charge in [-0.3, -0.25) is 4.31 Å². The Balaban J connectivity index is 2.98. The summed E-state index contributed by atoms with van der Waals surface area (Å²) in [7, 11) is -6.99. The second-order valence-corrected chi connectivity index (χ2v) is 10.1. The molecule has 0 fully saturated rings. The van der Waals surface area contributed by atoms with Gasteiger partial charge in [-0.15, -0.1) is 0 Å². The van der Waals surface area contributed by atoms with Crippen LogP contribution in [0.15, 0.2) is 12.1 Å². The third-order valence-corrected chi connectivity index (χ3v) is 6.38. The van der Waals surface area contributed by atoms with Crippen molar-refractivity contribution in [2.24, 2.45) is 0 Å². The zero-order chi connectivity index (χ0) is 18.5. The molecular weight excluding hydrogens is 372 g/mol. The number of nitrogens with zero attached hydrogens (tertiary/aromatic N) is 1. The van der Waals surface area contributed by atoms with Gasteiger partial charge in [0.25, 0.3) is 0 Å². The molecule has 0 bridgehead atoms. The number of sulfonamides is 2. The van der Waals surface area contributed by atoms with E-state index in [1.54, 1.807) is 13.0 Å². The molecule has 1 aromatic rings. The van der Waals surface area contributed by atoms with E-state index in [-0.39, 0.29) is 18.8 Å². The molecule has 0 aliphatic rings. The maximum Gasteiger partial charge on any atom is 0.232 e. The van der Waals surface area contributed by atoms with E-state index in [0.717, 1.165) is 28.1 Å². The van der Waals surface area contributed by atoms with Crippen LogP contribution in [0.3, 0.4) is 0 Å². The summed E-state index contributed by atoms with van der Waals surface area (Å²) in [5.74, 6) is 0.0344. The number of unbranched alkanes of at least 4 members (excludes halogenated alkanes) is 1. The van der Waals surface area contributed by atoms with Crippen molar-refractivity contribution in [3.63, 3.8) is 0 Å². The molecule has 0 amide bonds. The van der Waals surface area contributed by atoms with Crippen LogP contribution in [-0.4, -0.2) is 41.9 Å². The van der Waals surface area contributed by atoms with E-state index in [4.69, 9.17) is 11.6 Å². The molecule has 0 saturated carbocycles. The Bertz CT molecular complexity index is 754. The average molecular weight is 397 g/mol. The fourth-order valence-electron chi connectivity index (χ4n) is 2.38. The smallest absolute Gasteiger partial charge is 0.232 e. The average Bonchev–Trinajstić information content (AvgIpc) is 2.41. The molecule has 1 aromatic carbocycles. The van der Waals surface area contributed by atoms with Crippen LogP contribution in [0.5, 0.6) is 0 Å². The first kappa shape index (κ1) is 21.2. The van der Waals surface area contributed by atoms with Crippen molar-refractivity contribution >= 4 is 37.3 Å². The van der Waals surface area contributed by atoms with Gasteiger partial charge in [-0.05, 0) is 37.5 Å². The molecule has 0 heterocycles. The number of hydrogen-bond acceptors (Lipinski definition) is 4. The van der Waals surface area contributed by atoms with Gasteiger partial charge in [0.1, 0.15) is 0 Å². The second kappa shape index (κ2) is 8.51. The standard InChI is InChI=1S/C15H25ClN2O4S2/c1-5-6-9-24(21,22)17-7-8-18(23(4,19)20)15-13(3)10-12(2)11-14(15)16/h10-11,17H,5-9H2,1-4H3. The highest BCUT2D eigenvalue weighted by Crippen LogP contribution is 2.32. The van der Waals surface area contributed by atoms with Crippen LogP contribution >= 0.6 is 11.6 Å². The summed E-state index contributed by atoms with van der Waals surface area (Å²) >= 11 is 6.23. The molecule has 1 rings (SSSR count). The molecule has 0 radical (unpaired) electrons. The summed E-state index contributed by atoms with van der Waals surface area (Å²) in [4.78, 5) is 0. The summed E-state index contributed by atoms with van der Waals surface area (Å²) < 4.78 is 51.5. The van der Waals surface area contributed by atoms with Crippen molar-refractivity contribution in [3.05, 3.63) is 28.3 Å². The van der Waals surface area contributed by atoms with E-state index in [9.17, 15) is 16.8 Å². The summed E-state index contributed by atoms with van der Waals surface area (Å²) in [6.07, 6.45) is 2.41. The molecule has 9 heteroatoms. The second-order valence-electron chi connectivity index (χ2n) is 5.81. The maximum atomic E-state index is 12.1. The molecule has 0 spiro atoms. The zero-order valence-corrected chi connectivity index (χ0v) is 16.9. The summed E-state index contributed by atoms with van der Waals surface area (Å²) in [5, 5.41) is 0.326. The van der Waals surface area contributed by atoms with Crippen LogP contribution in [0.4, 0.5) is 5.69 Å². The lowest BCUT2D eigenvalue weighted by Gasteiger charge is -2.25. The van der Waals surface area contributed by atoms with Crippen LogP contribution < -0.4 is 9.03 Å². The Hall–Kier alpha value is -0.830. The van der Waals surface area contributed by atoms with E-state index in [1.165, 1.54) is 0 Å². The van der Waals surface area contributed by atoms with Crippen molar-refractivity contribution in [2.75, 3.05) is 29.4 Å². The number of rotatable bonds is 9. The van der Waals surface area contributed by atoms with Gasteiger partial charge in [-0.2, -0.15) is 0 Å². The van der Waals surface area contributed by atoms with Gasteiger partial charge in [0, 0.05) is 13.1 Å². The van der Waals surface area contributed by atoms with Gasteiger partial charge in [-0.1, -0.05) is 31.0 Å². The minimum absolute atomic E-state index is 0.0111. The number of nitrogens with one attached hydrogen (secondary N) is 1. The molecule has 1 N–H and O–H groups in total. The van der Waals surface area contributed by atoms with Gasteiger partial charge < -0.3 is 0 Å². The predicted molar refractivity (Wildman–Crippen MR) is 99.8 cm³/mol. The van der Waals surface area contributed by atoms with Crippen LogP contribution in [-0.2, 0) is 20.0 Å². The normalized spacial score (nSPS) is 12.4. The third-order valence-electron chi connectivity index (χ3n) is 3.45. The fourth-order valence-corrected chi connectivity index (χ4v) is 5.06. The highest BCUT2D eigenvalue weighted by molar-refractivity contribution is 7.92. The minimum atomic E-state index is -3.60. The SMILES string of the molecule is CCCCS(=O)(=O)NCCN(c1c(C)cc(C)cc1Cl)S(C)(=O)=O. The molecule has 0 atom stereocenters. The largest absolute Gasteiger partial charge is 0.267 e. The molecule has 0 saturated heterocycles. The lowest BCUT2D eigenvalue weighted by Crippen LogP contribution is -2.39. The lowest BCUT2D eigenvalue weighted by atomic mass is 10.1. The Morgan fingerprint density at radius 1 is 1.17 bits per heavy atom. The molecule has 0 aromatic heterocycles. The van der Waals surface area contributed by atoms with Gasteiger partial charge >= 0.3 is 0 Å². The molecule has 0 unspecified atom stereocenters. The number of anilines is 1. The minimum Gasteiger partial charge on any atom is -0.267 e. The fraction of sp³-hybridized carbons (Fsp3) is 0.600. The van der Waals surface area contributed by atoms with Gasteiger partial charge in [-0.25, -0.2) is 21.6 Å². The molecular formula is C15H25ClN2O4S2. The quantitative estimate of drug-likeness (QED) is 0.694. The van der Waals surface area contributed by atoms with Gasteiger partial charge in [0.05, 0.1) is 22.7 Å². The number of aryl methyl sites for hydroxylation is 2. The van der Waals surface area contributed by atoms with E-state index in [0.29, 0.717) is 17.1 Å². The van der Waals surface area contributed by atoms with Crippen molar-refractivity contribution in [2.45, 2.75) is 33.6 Å². The summed E-state index contributed by atoms with van der Waals surface area (Å²) in [5.41, 5.74) is 2.03.